The summed E-state index contributed by atoms with van der Waals surface area (Å²) in [6.07, 6.45) is 1.80. The van der Waals surface area contributed by atoms with Crippen LogP contribution in [0.4, 0.5) is 0 Å². The van der Waals surface area contributed by atoms with Crippen LogP contribution in [0.1, 0.15) is 0 Å². The summed E-state index contributed by atoms with van der Waals surface area (Å²) >= 11 is 7.92. The lowest BCUT2D eigenvalue weighted by atomic mass is 10.3. The number of hydrogen-bond donors (Lipinski definition) is 0. The molecule has 2 aromatic heterocycles. The van der Waals surface area contributed by atoms with Crippen molar-refractivity contribution in [3.63, 3.8) is 0 Å². The van der Waals surface area contributed by atoms with E-state index < -0.39 is 0 Å². The van der Waals surface area contributed by atoms with Crippen LogP contribution < -0.4 is 0 Å². The third kappa shape index (κ3) is 1.51. The second-order valence-corrected chi connectivity index (χ2v) is 3.96. The van der Waals surface area contributed by atoms with Gasteiger partial charge in [-0.3, -0.25) is 4.98 Å². The molecule has 0 saturated carbocycles. The maximum atomic E-state index is 5.73. The van der Waals surface area contributed by atoms with Crippen molar-refractivity contribution in [1.82, 2.24) is 9.97 Å². The summed E-state index contributed by atoms with van der Waals surface area (Å²) in [5.74, 6) is 0. The molecule has 0 amide bonds. The monoisotopic (exact) mass is 290 g/mol. The van der Waals surface area contributed by atoms with Gasteiger partial charge < -0.3 is 0 Å². The smallest absolute Gasteiger partial charge is 0.129 e. The summed E-state index contributed by atoms with van der Waals surface area (Å²) in [5, 5.41) is 0.506. The molecular formula is C8H4ClIN2. The second-order valence-electron chi connectivity index (χ2n) is 2.33. The number of aromatic nitrogens is 2. The molecule has 0 N–H and O–H groups in total. The Bertz CT molecular complexity index is 394. The molecule has 0 radical (unpaired) electrons. The van der Waals surface area contributed by atoms with Gasteiger partial charge in [0.05, 0.1) is 11.0 Å². The first kappa shape index (κ1) is 8.19. The molecule has 0 atom stereocenters. The average molecular weight is 290 g/mol. The van der Waals surface area contributed by atoms with Crippen molar-refractivity contribution in [3.05, 3.63) is 33.1 Å². The Balaban J connectivity index is 2.80. The van der Waals surface area contributed by atoms with Crippen molar-refractivity contribution < 1.29 is 0 Å². The van der Waals surface area contributed by atoms with Crippen LogP contribution in [0.3, 0.4) is 0 Å². The van der Waals surface area contributed by atoms with Gasteiger partial charge in [0.25, 0.3) is 0 Å². The topological polar surface area (TPSA) is 25.8 Å². The van der Waals surface area contributed by atoms with E-state index in [1.165, 1.54) is 0 Å². The molecule has 0 aromatic carbocycles. The van der Waals surface area contributed by atoms with Crippen molar-refractivity contribution >= 4 is 45.2 Å². The zero-order valence-electron chi connectivity index (χ0n) is 5.96. The highest BCUT2D eigenvalue weighted by Crippen LogP contribution is 2.15. The lowest BCUT2D eigenvalue weighted by molar-refractivity contribution is 1.32. The van der Waals surface area contributed by atoms with Gasteiger partial charge in [-0.2, -0.15) is 0 Å². The van der Waals surface area contributed by atoms with Crippen LogP contribution in [0.5, 0.6) is 0 Å². The van der Waals surface area contributed by atoms with Gasteiger partial charge in [0.1, 0.15) is 5.15 Å². The highest BCUT2D eigenvalue weighted by Gasteiger charge is 1.97. The molecule has 2 heterocycles. The number of hydrogen-bond acceptors (Lipinski definition) is 2. The molecule has 12 heavy (non-hydrogen) atoms. The van der Waals surface area contributed by atoms with Gasteiger partial charge in [-0.15, -0.1) is 0 Å². The second kappa shape index (κ2) is 3.14. The van der Waals surface area contributed by atoms with E-state index in [2.05, 4.69) is 32.6 Å². The van der Waals surface area contributed by atoms with Gasteiger partial charge in [0.2, 0.25) is 0 Å². The van der Waals surface area contributed by atoms with Crippen LogP contribution in [0.15, 0.2) is 24.4 Å². The Morgan fingerprint density at radius 3 is 2.92 bits per heavy atom. The van der Waals surface area contributed by atoms with E-state index in [0.29, 0.717) is 5.15 Å². The van der Waals surface area contributed by atoms with E-state index in [1.807, 2.05) is 12.1 Å². The highest BCUT2D eigenvalue weighted by atomic mass is 127. The summed E-state index contributed by atoms with van der Waals surface area (Å²) < 4.78 is 1.06. The Morgan fingerprint density at radius 2 is 2.08 bits per heavy atom. The van der Waals surface area contributed by atoms with E-state index in [9.17, 15) is 0 Å². The molecule has 0 aliphatic heterocycles. The van der Waals surface area contributed by atoms with Crippen LogP contribution >= 0.6 is 34.2 Å². The third-order valence-corrected chi connectivity index (χ3v) is 2.27. The molecule has 60 valence electrons. The fraction of sp³-hybridized carbons (Fsp3) is 0. The Kier molecular flexibility index (Phi) is 2.14. The first-order valence-corrected chi connectivity index (χ1v) is 4.79. The lowest BCUT2D eigenvalue weighted by Gasteiger charge is -1.96. The maximum absolute atomic E-state index is 5.73. The Labute approximate surface area is 88.1 Å². The molecule has 0 spiro atoms. The van der Waals surface area contributed by atoms with Crippen LogP contribution in [-0.2, 0) is 0 Å². The standard InChI is InChI=1S/C8H4ClIN2/c9-8-2-1-6-7(12-8)3-5(10)4-11-6/h1-4H. The van der Waals surface area contributed by atoms with E-state index in [-0.39, 0.29) is 0 Å². The van der Waals surface area contributed by atoms with E-state index in [4.69, 9.17) is 11.6 Å². The van der Waals surface area contributed by atoms with Crippen molar-refractivity contribution in [1.29, 1.82) is 0 Å². The van der Waals surface area contributed by atoms with E-state index in [0.717, 1.165) is 14.6 Å². The molecule has 4 heteroatoms. The van der Waals surface area contributed by atoms with Crippen molar-refractivity contribution in [2.45, 2.75) is 0 Å². The van der Waals surface area contributed by atoms with Gasteiger partial charge in [-0.25, -0.2) is 4.98 Å². The van der Waals surface area contributed by atoms with Gasteiger partial charge in [-0.1, -0.05) is 11.6 Å². The average Bonchev–Trinajstić information content (AvgIpc) is 2.03. The number of rotatable bonds is 0. The van der Waals surface area contributed by atoms with Crippen molar-refractivity contribution in [2.24, 2.45) is 0 Å². The number of fused-ring (bicyclic) bond motifs is 1. The molecule has 2 nitrogen and oxygen atoms in total. The molecule has 0 aliphatic rings. The Morgan fingerprint density at radius 1 is 1.25 bits per heavy atom. The van der Waals surface area contributed by atoms with Gasteiger partial charge in [0.15, 0.2) is 0 Å². The molecule has 0 unspecified atom stereocenters. The normalized spacial score (nSPS) is 10.5. The fourth-order valence-corrected chi connectivity index (χ4v) is 1.55. The lowest BCUT2D eigenvalue weighted by Crippen LogP contribution is -1.84. The summed E-state index contributed by atoms with van der Waals surface area (Å²) in [4.78, 5) is 8.33. The summed E-state index contributed by atoms with van der Waals surface area (Å²) in [7, 11) is 0. The zero-order valence-corrected chi connectivity index (χ0v) is 8.87. The minimum Gasteiger partial charge on any atom is -0.254 e. The Hall–Kier alpha value is -0.420. The molecule has 2 aromatic rings. The van der Waals surface area contributed by atoms with Crippen LogP contribution in [-0.4, -0.2) is 9.97 Å². The fourth-order valence-electron chi connectivity index (χ4n) is 0.957. The first-order chi connectivity index (χ1) is 5.75. The van der Waals surface area contributed by atoms with E-state index in [1.54, 1.807) is 12.3 Å². The predicted octanol–water partition coefficient (Wildman–Crippen LogP) is 2.89. The SMILES string of the molecule is Clc1ccc2ncc(I)cc2n1. The minimum atomic E-state index is 0.506. The predicted molar refractivity (Wildman–Crippen MR) is 57.3 cm³/mol. The van der Waals surface area contributed by atoms with Crippen LogP contribution in [0.25, 0.3) is 11.0 Å². The number of pyridine rings is 2. The van der Waals surface area contributed by atoms with Gasteiger partial charge >= 0.3 is 0 Å². The molecule has 2 rings (SSSR count). The summed E-state index contributed by atoms with van der Waals surface area (Å²) in [6.45, 7) is 0. The maximum Gasteiger partial charge on any atom is 0.129 e. The first-order valence-electron chi connectivity index (χ1n) is 3.33. The van der Waals surface area contributed by atoms with Crippen LogP contribution in [0.2, 0.25) is 5.15 Å². The van der Waals surface area contributed by atoms with Gasteiger partial charge in [-0.05, 0) is 40.8 Å². The zero-order chi connectivity index (χ0) is 8.55. The largest absolute Gasteiger partial charge is 0.254 e. The number of nitrogens with zero attached hydrogens (tertiary/aromatic N) is 2. The van der Waals surface area contributed by atoms with Crippen molar-refractivity contribution in [2.75, 3.05) is 0 Å². The van der Waals surface area contributed by atoms with Crippen LogP contribution in [0, 0.1) is 3.57 Å². The molecule has 0 aliphatic carbocycles. The summed E-state index contributed by atoms with van der Waals surface area (Å²) in [6, 6.07) is 5.55. The minimum absolute atomic E-state index is 0.506. The molecular weight excluding hydrogens is 286 g/mol. The van der Waals surface area contributed by atoms with Crippen molar-refractivity contribution in [3.8, 4) is 0 Å². The highest BCUT2D eigenvalue weighted by molar-refractivity contribution is 14.1. The molecule has 0 saturated heterocycles. The van der Waals surface area contributed by atoms with E-state index >= 15 is 0 Å². The third-order valence-electron chi connectivity index (χ3n) is 1.47. The number of halogens is 2. The molecule has 0 bridgehead atoms. The summed E-state index contributed by atoms with van der Waals surface area (Å²) in [5.41, 5.74) is 1.72. The quantitative estimate of drug-likeness (QED) is 0.551. The van der Waals surface area contributed by atoms with Gasteiger partial charge in [0, 0.05) is 9.77 Å². The molecule has 0 fully saturated rings.